The smallest absolute Gasteiger partial charge is 0.349 e. The molecule has 34 heavy (non-hydrogen) atoms. The van der Waals surface area contributed by atoms with Crippen molar-refractivity contribution in [3.05, 3.63) is 75.1 Å². The number of aliphatic hydroxyl groups is 1. The molecule has 2 fully saturated rings. The highest BCUT2D eigenvalue weighted by Crippen LogP contribution is 2.50. The zero-order valence-corrected chi connectivity index (χ0v) is 21.3. The highest BCUT2D eigenvalue weighted by Gasteiger charge is 2.57. The van der Waals surface area contributed by atoms with Crippen molar-refractivity contribution in [1.82, 2.24) is 0 Å². The molecule has 2 aromatic heterocycles. The highest BCUT2D eigenvalue weighted by molar-refractivity contribution is 7.12. The molecule has 5 rings (SSSR count). The molecule has 0 amide bonds. The number of thiophene rings is 2. The molecule has 0 radical (unpaired) electrons. The molecule has 1 aromatic carbocycles. The number of carbonyl (C=O) groups excluding carboxylic acids is 1. The fourth-order valence-electron chi connectivity index (χ4n) is 5.80. The second-order valence-corrected chi connectivity index (χ2v) is 11.9. The van der Waals surface area contributed by atoms with Gasteiger partial charge in [0.2, 0.25) is 5.60 Å². The molecule has 3 aromatic rings. The van der Waals surface area contributed by atoms with E-state index in [9.17, 15) is 9.90 Å². The molecule has 2 bridgehead atoms. The molecule has 0 saturated heterocycles. The first-order valence-electron chi connectivity index (χ1n) is 11.9. The van der Waals surface area contributed by atoms with Crippen LogP contribution < -0.4 is 4.74 Å². The van der Waals surface area contributed by atoms with Crippen LogP contribution in [0.25, 0.3) is 0 Å². The van der Waals surface area contributed by atoms with Gasteiger partial charge in [-0.05, 0) is 47.9 Å². The Bertz CT molecular complexity index is 1050. The highest BCUT2D eigenvalue weighted by atomic mass is 32.1. The lowest BCUT2D eigenvalue weighted by Crippen LogP contribution is -2.54. The van der Waals surface area contributed by atoms with Crippen LogP contribution in [0.15, 0.2) is 65.4 Å². The van der Waals surface area contributed by atoms with E-state index in [-0.39, 0.29) is 6.10 Å². The molecule has 2 aliphatic carbocycles. The van der Waals surface area contributed by atoms with Gasteiger partial charge in [-0.2, -0.15) is 0 Å². The Morgan fingerprint density at radius 3 is 2.32 bits per heavy atom. The second kappa shape index (κ2) is 9.46. The van der Waals surface area contributed by atoms with Gasteiger partial charge in [0.1, 0.15) is 25.0 Å². The Morgan fingerprint density at radius 1 is 1.03 bits per heavy atom. The van der Waals surface area contributed by atoms with Crippen molar-refractivity contribution in [2.24, 2.45) is 11.8 Å². The molecular weight excluding hydrogens is 466 g/mol. The molecule has 1 N–H and O–H groups in total. The van der Waals surface area contributed by atoms with Crippen LogP contribution in [-0.4, -0.2) is 55.0 Å². The zero-order chi connectivity index (χ0) is 23.8. The van der Waals surface area contributed by atoms with E-state index in [1.807, 2.05) is 65.4 Å². The van der Waals surface area contributed by atoms with Crippen molar-refractivity contribution in [1.29, 1.82) is 0 Å². The average Bonchev–Trinajstić information content (AvgIpc) is 3.65. The van der Waals surface area contributed by atoms with E-state index < -0.39 is 11.6 Å². The summed E-state index contributed by atoms with van der Waals surface area (Å²) < 4.78 is 13.0. The summed E-state index contributed by atoms with van der Waals surface area (Å²) in [7, 11) is 4.51. The van der Waals surface area contributed by atoms with Gasteiger partial charge in [-0.25, -0.2) is 4.79 Å². The summed E-state index contributed by atoms with van der Waals surface area (Å²) in [5.74, 6) is 1.00. The van der Waals surface area contributed by atoms with Crippen LogP contribution in [0.3, 0.4) is 0 Å². The van der Waals surface area contributed by atoms with Crippen molar-refractivity contribution < 1.29 is 23.9 Å². The van der Waals surface area contributed by atoms with Crippen molar-refractivity contribution in [3.63, 3.8) is 0 Å². The quantitative estimate of drug-likeness (QED) is 0.336. The number of likely N-dealkylation sites (N-methyl/N-ethyl adjacent to an activating group) is 1. The normalized spacial score (nSPS) is 24.3. The second-order valence-electron chi connectivity index (χ2n) is 10.0. The molecule has 0 spiro atoms. The van der Waals surface area contributed by atoms with Gasteiger partial charge in [0.15, 0.2) is 0 Å². The van der Waals surface area contributed by atoms with Gasteiger partial charge >= 0.3 is 5.97 Å². The first-order chi connectivity index (χ1) is 16.4. The third kappa shape index (κ3) is 4.31. The van der Waals surface area contributed by atoms with E-state index in [2.05, 4.69) is 14.1 Å². The minimum atomic E-state index is -1.74. The van der Waals surface area contributed by atoms with Gasteiger partial charge in [0.05, 0.1) is 29.9 Å². The van der Waals surface area contributed by atoms with Gasteiger partial charge in [0, 0.05) is 18.3 Å². The van der Waals surface area contributed by atoms with Crippen LogP contribution in [0.5, 0.6) is 5.75 Å². The maximum Gasteiger partial charge on any atom is 0.349 e. The first kappa shape index (κ1) is 23.5. The minimum absolute atomic E-state index is 0.142. The van der Waals surface area contributed by atoms with Gasteiger partial charge < -0.3 is 19.1 Å². The summed E-state index contributed by atoms with van der Waals surface area (Å²) in [5, 5.41) is 15.4. The lowest BCUT2D eigenvalue weighted by Gasteiger charge is -2.40. The number of para-hydroxylation sites is 1. The van der Waals surface area contributed by atoms with E-state index in [1.165, 1.54) is 22.7 Å². The Labute approximate surface area is 209 Å². The fraction of sp³-hybridized carbons (Fsp3) is 0.444. The number of hydrogen-bond donors (Lipinski definition) is 1. The number of carbonyl (C=O) groups is 1. The third-order valence-corrected chi connectivity index (χ3v) is 9.62. The van der Waals surface area contributed by atoms with Gasteiger partial charge in [-0.15, -0.1) is 22.7 Å². The van der Waals surface area contributed by atoms with Crippen molar-refractivity contribution in [2.45, 2.75) is 37.0 Å². The van der Waals surface area contributed by atoms with Crippen molar-refractivity contribution in [3.8, 4) is 5.75 Å². The first-order valence-corrected chi connectivity index (χ1v) is 13.7. The lowest BCUT2D eigenvalue weighted by molar-refractivity contribution is -0.918. The van der Waals surface area contributed by atoms with Gasteiger partial charge in [-0.3, -0.25) is 0 Å². The number of ether oxygens (including phenoxy) is 2. The van der Waals surface area contributed by atoms with Crippen LogP contribution in [0, 0.1) is 11.8 Å². The number of quaternary nitrogens is 1. The Balaban J connectivity index is 1.28. The summed E-state index contributed by atoms with van der Waals surface area (Å²) in [5.41, 5.74) is -1.74. The molecular formula is C27H32NO4S2+. The molecule has 3 unspecified atom stereocenters. The van der Waals surface area contributed by atoms with Crippen LogP contribution in [0.4, 0.5) is 0 Å². The summed E-state index contributed by atoms with van der Waals surface area (Å²) >= 11 is 2.76. The predicted molar refractivity (Wildman–Crippen MR) is 135 cm³/mol. The lowest BCUT2D eigenvalue weighted by atomic mass is 9.93. The van der Waals surface area contributed by atoms with Crippen LogP contribution in [0.2, 0.25) is 0 Å². The standard InChI is InChI=1S/C27H32NO4S2/c1-28(2,14-15-31-20-8-4-3-5-9-20)22-18-19-12-13-21(22)25(19)32-26(29)27(30,23-10-6-16-33-23)24-11-7-17-34-24/h3-11,16-17,19,21-22,25,30H,12-15,18H2,1-2H3/q+1/t19?,21?,22-,25?/m0/s1. The average molecular weight is 499 g/mol. The topological polar surface area (TPSA) is 55.8 Å². The Hall–Kier alpha value is -2.19. The Morgan fingerprint density at radius 2 is 1.71 bits per heavy atom. The number of benzene rings is 1. The number of esters is 1. The monoisotopic (exact) mass is 498 g/mol. The van der Waals surface area contributed by atoms with Gasteiger partial charge in [0.25, 0.3) is 0 Å². The maximum atomic E-state index is 13.5. The van der Waals surface area contributed by atoms with Gasteiger partial charge in [-0.1, -0.05) is 30.3 Å². The molecule has 2 heterocycles. The van der Waals surface area contributed by atoms with Crippen LogP contribution in [0.1, 0.15) is 29.0 Å². The third-order valence-electron chi connectivity index (χ3n) is 7.67. The molecule has 7 heteroatoms. The van der Waals surface area contributed by atoms with E-state index in [1.54, 1.807) is 0 Å². The van der Waals surface area contributed by atoms with Crippen LogP contribution in [-0.2, 0) is 15.1 Å². The molecule has 0 aliphatic heterocycles. The van der Waals surface area contributed by atoms with E-state index in [0.717, 1.165) is 36.0 Å². The SMILES string of the molecule is C[N+](C)(CCOc1ccccc1)[C@H]1CC2CCC1C2OC(=O)C(O)(c1cccs1)c1cccs1. The predicted octanol–water partition coefficient (Wildman–Crippen LogP) is 4.91. The molecule has 5 nitrogen and oxygen atoms in total. The maximum absolute atomic E-state index is 13.5. The largest absolute Gasteiger partial charge is 0.488 e. The number of fused-ring (bicyclic) bond motifs is 2. The number of nitrogens with zero attached hydrogens (tertiary/aromatic N) is 1. The molecule has 2 aliphatic rings. The van der Waals surface area contributed by atoms with Crippen LogP contribution >= 0.6 is 22.7 Å². The summed E-state index contributed by atoms with van der Waals surface area (Å²) in [4.78, 5) is 14.8. The molecule has 2 saturated carbocycles. The van der Waals surface area contributed by atoms with E-state index in [4.69, 9.17) is 9.47 Å². The van der Waals surface area contributed by atoms with E-state index >= 15 is 0 Å². The Kier molecular flexibility index (Phi) is 6.55. The van der Waals surface area contributed by atoms with Crippen molar-refractivity contribution in [2.75, 3.05) is 27.2 Å². The minimum Gasteiger partial charge on any atom is -0.488 e. The molecule has 180 valence electrons. The summed E-state index contributed by atoms with van der Waals surface area (Å²) in [6.07, 6.45) is 3.04. The molecule has 4 atom stereocenters. The van der Waals surface area contributed by atoms with E-state index in [0.29, 0.717) is 34.2 Å². The number of rotatable bonds is 9. The fourth-order valence-corrected chi connectivity index (χ4v) is 7.52. The number of hydrogen-bond acceptors (Lipinski definition) is 6. The summed E-state index contributed by atoms with van der Waals surface area (Å²) in [6.45, 7) is 1.53. The van der Waals surface area contributed by atoms with Crippen molar-refractivity contribution >= 4 is 28.6 Å². The summed E-state index contributed by atoms with van der Waals surface area (Å²) in [6, 6.07) is 17.7. The zero-order valence-electron chi connectivity index (χ0n) is 19.6.